The van der Waals surface area contributed by atoms with E-state index in [1.54, 1.807) is 6.07 Å². The first-order valence-electron chi connectivity index (χ1n) is 8.44. The van der Waals surface area contributed by atoms with Crippen LogP contribution in [-0.4, -0.2) is 58.8 Å². The largest absolute Gasteiger partial charge is 0.508 e. The lowest BCUT2D eigenvalue weighted by Crippen LogP contribution is -2.53. The maximum absolute atomic E-state index is 9.93. The van der Waals surface area contributed by atoms with Crippen LogP contribution in [0.1, 0.15) is 32.3 Å². The van der Waals surface area contributed by atoms with E-state index >= 15 is 0 Å². The Kier molecular flexibility index (Phi) is 6.68. The van der Waals surface area contributed by atoms with Gasteiger partial charge in [0.25, 0.3) is 0 Å². The van der Waals surface area contributed by atoms with E-state index < -0.39 is 0 Å². The summed E-state index contributed by atoms with van der Waals surface area (Å²) in [6.07, 6.45) is 2.04. The van der Waals surface area contributed by atoms with Gasteiger partial charge in [-0.25, -0.2) is 0 Å². The zero-order chi connectivity index (χ0) is 15.9. The number of aromatic hydroxyl groups is 1. The van der Waals surface area contributed by atoms with Gasteiger partial charge in [-0.1, -0.05) is 32.0 Å². The van der Waals surface area contributed by atoms with Gasteiger partial charge in [0.15, 0.2) is 0 Å². The van der Waals surface area contributed by atoms with Gasteiger partial charge in [-0.2, -0.15) is 0 Å². The summed E-state index contributed by atoms with van der Waals surface area (Å²) in [5.41, 5.74) is 0.987. The Morgan fingerprint density at radius 3 is 2.68 bits per heavy atom. The first kappa shape index (κ1) is 17.3. The molecule has 124 valence electrons. The molecule has 0 amide bonds. The number of nitrogens with zero attached hydrogens (tertiary/aromatic N) is 2. The third kappa shape index (κ3) is 4.97. The van der Waals surface area contributed by atoms with Gasteiger partial charge in [0.1, 0.15) is 5.75 Å². The molecule has 1 aliphatic heterocycles. The second kappa shape index (κ2) is 8.51. The van der Waals surface area contributed by atoms with E-state index in [0.29, 0.717) is 17.7 Å². The minimum absolute atomic E-state index is 0.243. The number of phenols is 1. The van der Waals surface area contributed by atoms with E-state index in [0.717, 1.165) is 44.7 Å². The maximum atomic E-state index is 9.93. The predicted molar refractivity (Wildman–Crippen MR) is 89.9 cm³/mol. The number of benzene rings is 1. The van der Waals surface area contributed by atoms with Crippen molar-refractivity contribution >= 4 is 0 Å². The molecule has 1 aromatic rings. The van der Waals surface area contributed by atoms with E-state index in [9.17, 15) is 10.2 Å². The van der Waals surface area contributed by atoms with Crippen molar-refractivity contribution in [2.75, 3.05) is 32.8 Å². The molecule has 4 nitrogen and oxygen atoms in total. The molecule has 0 aliphatic carbocycles. The molecule has 1 aliphatic rings. The molecule has 2 rings (SSSR count). The Morgan fingerprint density at radius 2 is 2.00 bits per heavy atom. The van der Waals surface area contributed by atoms with Crippen LogP contribution in [-0.2, 0) is 6.54 Å². The number of para-hydroxylation sites is 1. The maximum Gasteiger partial charge on any atom is 0.120 e. The van der Waals surface area contributed by atoms with Crippen LogP contribution < -0.4 is 0 Å². The summed E-state index contributed by atoms with van der Waals surface area (Å²) >= 11 is 0. The van der Waals surface area contributed by atoms with Gasteiger partial charge >= 0.3 is 0 Å². The highest BCUT2D eigenvalue weighted by Crippen LogP contribution is 2.21. The van der Waals surface area contributed by atoms with E-state index in [1.807, 2.05) is 18.2 Å². The number of phenolic OH excluding ortho intramolecular Hbond substituents is 1. The number of aliphatic hydroxyl groups is 1. The van der Waals surface area contributed by atoms with Crippen molar-refractivity contribution in [2.24, 2.45) is 5.92 Å². The number of hydrogen-bond acceptors (Lipinski definition) is 4. The van der Waals surface area contributed by atoms with Crippen molar-refractivity contribution in [3.8, 4) is 5.75 Å². The summed E-state index contributed by atoms with van der Waals surface area (Å²) in [6.45, 7) is 9.70. The molecular formula is C18H30N2O2. The standard InChI is InChI=1S/C18H30N2O2/c1-15(2)7-9-20-11-10-19(14-17(20)8-12-21)13-16-5-3-4-6-18(16)22/h3-6,15,17,21-22H,7-14H2,1-2H3/t17-/m1/s1. The molecule has 0 unspecified atom stereocenters. The van der Waals surface area contributed by atoms with Crippen molar-refractivity contribution < 1.29 is 10.2 Å². The van der Waals surface area contributed by atoms with Gasteiger partial charge in [-0.05, 0) is 31.4 Å². The molecule has 22 heavy (non-hydrogen) atoms. The summed E-state index contributed by atoms with van der Waals surface area (Å²) in [6, 6.07) is 7.99. The van der Waals surface area contributed by atoms with Crippen molar-refractivity contribution in [3.05, 3.63) is 29.8 Å². The Labute approximate surface area is 134 Å². The summed E-state index contributed by atoms with van der Waals surface area (Å²) in [5.74, 6) is 1.09. The molecule has 1 heterocycles. The average Bonchev–Trinajstić information content (AvgIpc) is 2.49. The molecule has 0 bridgehead atoms. The molecule has 2 N–H and O–H groups in total. The van der Waals surface area contributed by atoms with Crippen molar-refractivity contribution in [1.82, 2.24) is 9.80 Å². The Bertz CT molecular complexity index is 450. The van der Waals surface area contributed by atoms with Crippen LogP contribution in [0.2, 0.25) is 0 Å². The molecule has 1 fully saturated rings. The molecule has 1 aromatic carbocycles. The molecule has 0 spiro atoms. The lowest BCUT2D eigenvalue weighted by molar-refractivity contribution is 0.0520. The summed E-state index contributed by atoms with van der Waals surface area (Å²) in [4.78, 5) is 4.92. The van der Waals surface area contributed by atoms with E-state index in [-0.39, 0.29) is 6.61 Å². The fourth-order valence-corrected chi connectivity index (χ4v) is 3.13. The number of piperazine rings is 1. The summed E-state index contributed by atoms with van der Waals surface area (Å²) < 4.78 is 0. The van der Waals surface area contributed by atoms with Gasteiger partial charge in [0.05, 0.1) is 0 Å². The highest BCUT2D eigenvalue weighted by atomic mass is 16.3. The first-order valence-corrected chi connectivity index (χ1v) is 8.44. The van der Waals surface area contributed by atoms with Crippen molar-refractivity contribution in [1.29, 1.82) is 0 Å². The monoisotopic (exact) mass is 306 g/mol. The zero-order valence-corrected chi connectivity index (χ0v) is 13.9. The summed E-state index contributed by atoms with van der Waals surface area (Å²) in [5, 5.41) is 19.3. The number of rotatable bonds is 7. The minimum Gasteiger partial charge on any atom is -0.508 e. The van der Waals surface area contributed by atoms with Crippen LogP contribution in [0.5, 0.6) is 5.75 Å². The second-order valence-corrected chi connectivity index (χ2v) is 6.75. The molecule has 1 saturated heterocycles. The third-order valence-electron chi connectivity index (χ3n) is 4.53. The smallest absolute Gasteiger partial charge is 0.120 e. The molecular weight excluding hydrogens is 276 g/mol. The fourth-order valence-electron chi connectivity index (χ4n) is 3.13. The zero-order valence-electron chi connectivity index (χ0n) is 13.9. The highest BCUT2D eigenvalue weighted by molar-refractivity contribution is 5.31. The van der Waals surface area contributed by atoms with Gasteiger partial charge in [0.2, 0.25) is 0 Å². The Balaban J connectivity index is 1.93. The highest BCUT2D eigenvalue weighted by Gasteiger charge is 2.26. The van der Waals surface area contributed by atoms with E-state index in [2.05, 4.69) is 23.6 Å². The predicted octanol–water partition coefficient (Wildman–Crippen LogP) is 2.31. The second-order valence-electron chi connectivity index (χ2n) is 6.75. The van der Waals surface area contributed by atoms with Crippen LogP contribution >= 0.6 is 0 Å². The van der Waals surface area contributed by atoms with Gasteiger partial charge in [-0.3, -0.25) is 9.80 Å². The van der Waals surface area contributed by atoms with Crippen molar-refractivity contribution in [2.45, 2.75) is 39.3 Å². The van der Waals surface area contributed by atoms with Crippen LogP contribution in [0.3, 0.4) is 0 Å². The van der Waals surface area contributed by atoms with Gasteiger partial charge in [0, 0.05) is 44.4 Å². The number of aliphatic hydroxyl groups excluding tert-OH is 1. The van der Waals surface area contributed by atoms with Crippen molar-refractivity contribution in [3.63, 3.8) is 0 Å². The van der Waals surface area contributed by atoms with Crippen LogP contribution in [0.15, 0.2) is 24.3 Å². The molecule has 1 atom stereocenters. The van der Waals surface area contributed by atoms with Crippen LogP contribution in [0.25, 0.3) is 0 Å². The van der Waals surface area contributed by atoms with E-state index in [1.165, 1.54) is 6.42 Å². The number of hydrogen-bond donors (Lipinski definition) is 2. The molecule has 4 heteroatoms. The molecule has 0 aromatic heterocycles. The molecule has 0 radical (unpaired) electrons. The molecule has 0 saturated carbocycles. The topological polar surface area (TPSA) is 46.9 Å². The third-order valence-corrected chi connectivity index (χ3v) is 4.53. The minimum atomic E-state index is 0.243. The first-order chi connectivity index (χ1) is 10.6. The Hall–Kier alpha value is -1.10. The fraction of sp³-hybridized carbons (Fsp3) is 0.667. The lowest BCUT2D eigenvalue weighted by atomic mass is 10.0. The lowest BCUT2D eigenvalue weighted by Gasteiger charge is -2.41. The average molecular weight is 306 g/mol. The quantitative estimate of drug-likeness (QED) is 0.811. The van der Waals surface area contributed by atoms with Crippen LogP contribution in [0, 0.1) is 5.92 Å². The normalized spacial score (nSPS) is 20.6. The van der Waals surface area contributed by atoms with Gasteiger partial charge in [-0.15, -0.1) is 0 Å². The SMILES string of the molecule is CC(C)CCN1CCN(Cc2ccccc2O)C[C@H]1CCO. The summed E-state index contributed by atoms with van der Waals surface area (Å²) in [7, 11) is 0. The van der Waals surface area contributed by atoms with Gasteiger partial charge < -0.3 is 10.2 Å². The van der Waals surface area contributed by atoms with Crippen LogP contribution in [0.4, 0.5) is 0 Å². The Morgan fingerprint density at radius 1 is 1.23 bits per heavy atom. The van der Waals surface area contributed by atoms with E-state index in [4.69, 9.17) is 0 Å².